The number of nitrogen functional groups attached to an aromatic ring is 1. The summed E-state index contributed by atoms with van der Waals surface area (Å²) in [5, 5.41) is 4.08. The molecule has 1 aliphatic carbocycles. The average Bonchev–Trinajstić information content (AvgIpc) is 3.36. The minimum Gasteiger partial charge on any atom is -0.381 e. The maximum atomic E-state index is 12.1. The van der Waals surface area contributed by atoms with Gasteiger partial charge in [-0.05, 0) is 55.0 Å². The van der Waals surface area contributed by atoms with E-state index in [4.69, 9.17) is 11.5 Å². The zero-order chi connectivity index (χ0) is 22.8. The highest BCUT2D eigenvalue weighted by molar-refractivity contribution is 7.92. The molecule has 5 N–H and O–H groups in total. The van der Waals surface area contributed by atoms with E-state index in [0.717, 1.165) is 29.5 Å². The lowest BCUT2D eigenvalue weighted by Gasteiger charge is -2.23. The molecule has 0 unspecified atom stereocenters. The van der Waals surface area contributed by atoms with E-state index in [-0.39, 0.29) is 17.0 Å². The summed E-state index contributed by atoms with van der Waals surface area (Å²) in [6.07, 6.45) is 5.28. The van der Waals surface area contributed by atoms with Crippen LogP contribution in [0.15, 0.2) is 24.4 Å². The summed E-state index contributed by atoms with van der Waals surface area (Å²) in [5.41, 5.74) is 15.5. The van der Waals surface area contributed by atoms with Crippen molar-refractivity contribution in [2.45, 2.75) is 38.9 Å². The van der Waals surface area contributed by atoms with Crippen LogP contribution < -0.4 is 16.2 Å². The molecular weight excluding hydrogens is 430 g/mol. The third-order valence-electron chi connectivity index (χ3n) is 6.31. The lowest BCUT2D eigenvalue weighted by Crippen LogP contribution is -2.29. The van der Waals surface area contributed by atoms with Gasteiger partial charge in [-0.15, -0.1) is 5.10 Å². The van der Waals surface area contributed by atoms with Crippen LogP contribution in [-0.2, 0) is 23.1 Å². The van der Waals surface area contributed by atoms with Crippen molar-refractivity contribution < 1.29 is 13.2 Å². The lowest BCUT2D eigenvalue weighted by atomic mass is 10.0. The number of sulfonamides is 1. The van der Waals surface area contributed by atoms with Crippen molar-refractivity contribution in [3.05, 3.63) is 41.1 Å². The molecule has 0 spiro atoms. The van der Waals surface area contributed by atoms with Crippen LogP contribution in [0.5, 0.6) is 0 Å². The fourth-order valence-electron chi connectivity index (χ4n) is 4.48. The topological polar surface area (TPSA) is 149 Å². The van der Waals surface area contributed by atoms with E-state index >= 15 is 0 Å². The van der Waals surface area contributed by atoms with E-state index < -0.39 is 15.9 Å². The van der Waals surface area contributed by atoms with E-state index in [9.17, 15) is 13.2 Å². The molecule has 10 nitrogen and oxygen atoms in total. The van der Waals surface area contributed by atoms with E-state index in [1.165, 1.54) is 17.4 Å². The van der Waals surface area contributed by atoms with Crippen LogP contribution in [0.4, 0.5) is 11.5 Å². The minimum atomic E-state index is -3.47. The first-order valence-corrected chi connectivity index (χ1v) is 12.3. The third kappa shape index (κ3) is 3.67. The van der Waals surface area contributed by atoms with Crippen molar-refractivity contribution in [2.24, 2.45) is 11.7 Å². The second kappa shape index (κ2) is 7.17. The molecular formula is C21H25N7O3S. The van der Waals surface area contributed by atoms with Crippen LogP contribution in [0, 0.1) is 5.92 Å². The number of hydrogen-bond acceptors (Lipinski definition) is 7. The molecule has 1 amide bonds. The van der Waals surface area contributed by atoms with E-state index in [0.29, 0.717) is 29.9 Å². The average molecular weight is 456 g/mol. The number of nitrogens with two attached hydrogens (primary N) is 2. The summed E-state index contributed by atoms with van der Waals surface area (Å²) < 4.78 is 28.2. The summed E-state index contributed by atoms with van der Waals surface area (Å²) in [4.78, 5) is 18.8. The zero-order valence-corrected chi connectivity index (χ0v) is 18.7. The number of benzene rings is 1. The molecule has 0 saturated heterocycles. The van der Waals surface area contributed by atoms with Crippen molar-refractivity contribution in [3.8, 4) is 11.3 Å². The van der Waals surface area contributed by atoms with Crippen LogP contribution in [0.1, 0.15) is 41.3 Å². The number of carbonyl (C=O) groups excluding carboxylic acids is 1. The number of nitrogens with zero attached hydrogens (tertiary/aromatic N) is 4. The molecule has 0 radical (unpaired) electrons. The number of amides is 1. The molecule has 5 rings (SSSR count). The van der Waals surface area contributed by atoms with Crippen LogP contribution >= 0.6 is 0 Å². The van der Waals surface area contributed by atoms with Crippen LogP contribution in [-0.4, -0.2) is 46.1 Å². The predicted octanol–water partition coefficient (Wildman–Crippen LogP) is 1.56. The first-order chi connectivity index (χ1) is 15.1. The Morgan fingerprint density at radius 1 is 1.28 bits per heavy atom. The maximum Gasteiger partial charge on any atom is 0.256 e. The highest BCUT2D eigenvalue weighted by atomic mass is 32.2. The fraction of sp³-hybridized carbons (Fsp3) is 0.381. The fourth-order valence-corrected chi connectivity index (χ4v) is 5.07. The number of nitrogens with one attached hydrogen (secondary N) is 1. The van der Waals surface area contributed by atoms with E-state index in [1.807, 2.05) is 6.07 Å². The quantitative estimate of drug-likeness (QED) is 0.511. The monoisotopic (exact) mass is 455 g/mol. The Morgan fingerprint density at radius 2 is 2.03 bits per heavy atom. The molecule has 1 atom stereocenters. The van der Waals surface area contributed by atoms with Crippen molar-refractivity contribution in [1.29, 1.82) is 0 Å². The molecule has 0 bridgehead atoms. The summed E-state index contributed by atoms with van der Waals surface area (Å²) >= 11 is 0. The van der Waals surface area contributed by atoms with Crippen LogP contribution in [0.25, 0.3) is 16.9 Å². The molecule has 2 aliphatic rings. The summed E-state index contributed by atoms with van der Waals surface area (Å²) in [7, 11) is -3.47. The Hall–Kier alpha value is -3.18. The molecule has 2 aromatic heterocycles. The first-order valence-electron chi connectivity index (χ1n) is 10.4. The van der Waals surface area contributed by atoms with Crippen molar-refractivity contribution in [2.75, 3.05) is 16.7 Å². The molecule has 1 fully saturated rings. The predicted molar refractivity (Wildman–Crippen MR) is 121 cm³/mol. The van der Waals surface area contributed by atoms with E-state index in [2.05, 4.69) is 26.6 Å². The Balaban J connectivity index is 1.61. The minimum absolute atomic E-state index is 0.0141. The van der Waals surface area contributed by atoms with Gasteiger partial charge in [0.25, 0.3) is 5.91 Å². The summed E-state index contributed by atoms with van der Waals surface area (Å²) in [6.45, 7) is 3.68. The number of primary amides is 1. The zero-order valence-electron chi connectivity index (χ0n) is 17.9. The maximum absolute atomic E-state index is 12.1. The molecule has 11 heteroatoms. The normalized spacial score (nSPS) is 17.4. The van der Waals surface area contributed by atoms with Crippen LogP contribution in [0.2, 0.25) is 0 Å². The molecule has 3 heterocycles. The second-order valence-electron chi connectivity index (χ2n) is 8.72. The number of aromatic nitrogens is 3. The van der Waals surface area contributed by atoms with Gasteiger partial charge in [0.2, 0.25) is 10.0 Å². The molecule has 1 aromatic carbocycles. The van der Waals surface area contributed by atoms with Gasteiger partial charge in [0, 0.05) is 30.9 Å². The number of carbonyl (C=O) groups is 1. The van der Waals surface area contributed by atoms with Gasteiger partial charge < -0.3 is 11.5 Å². The molecule has 1 aliphatic heterocycles. The SMILES string of the molecule is C[C@@H](C1CC1)N1Cc2cc(-c3ccn4nc(N)c(C(N)=O)c4n3)cc(NS(C)(=O)=O)c2C1. The van der Waals surface area contributed by atoms with Crippen LogP contribution in [0.3, 0.4) is 0 Å². The smallest absolute Gasteiger partial charge is 0.256 e. The molecule has 32 heavy (non-hydrogen) atoms. The summed E-state index contributed by atoms with van der Waals surface area (Å²) in [5.74, 6) is 0.0131. The van der Waals surface area contributed by atoms with E-state index in [1.54, 1.807) is 18.3 Å². The molecule has 3 aromatic rings. The molecule has 168 valence electrons. The van der Waals surface area contributed by atoms with Crippen molar-refractivity contribution in [3.63, 3.8) is 0 Å². The Labute approximate surface area is 185 Å². The first kappa shape index (κ1) is 20.7. The standard InChI is InChI=1S/C21H25N7O3S/c1-11(12-3-4-12)27-9-14-7-13(8-17(15(14)10-27)26-32(2,30)31)16-5-6-28-21(24-16)18(20(23)29)19(22)25-28/h5-8,11-12,26H,3-4,9-10H2,1-2H3,(H2,22,25)(H2,23,29)/t11-/m0/s1. The Kier molecular flexibility index (Phi) is 4.64. The van der Waals surface area contributed by atoms with Crippen molar-refractivity contribution in [1.82, 2.24) is 19.5 Å². The van der Waals surface area contributed by atoms with Gasteiger partial charge in [0.1, 0.15) is 5.56 Å². The lowest BCUT2D eigenvalue weighted by molar-refractivity contribution is 0.100. The third-order valence-corrected chi connectivity index (χ3v) is 6.90. The molecule has 1 saturated carbocycles. The largest absolute Gasteiger partial charge is 0.381 e. The Bertz CT molecular complexity index is 1360. The van der Waals surface area contributed by atoms with Gasteiger partial charge in [-0.25, -0.2) is 17.9 Å². The van der Waals surface area contributed by atoms with Gasteiger partial charge in [-0.2, -0.15) is 0 Å². The van der Waals surface area contributed by atoms with Crippen molar-refractivity contribution >= 4 is 33.1 Å². The number of anilines is 2. The second-order valence-corrected chi connectivity index (χ2v) is 10.5. The van der Waals surface area contributed by atoms with Gasteiger partial charge in [0.05, 0.1) is 17.6 Å². The van der Waals surface area contributed by atoms with Gasteiger partial charge in [-0.1, -0.05) is 0 Å². The number of rotatable bonds is 6. The van der Waals surface area contributed by atoms with Gasteiger partial charge in [0.15, 0.2) is 11.5 Å². The highest BCUT2D eigenvalue weighted by Gasteiger charge is 2.35. The summed E-state index contributed by atoms with van der Waals surface area (Å²) in [6, 6.07) is 6.01. The Morgan fingerprint density at radius 3 is 2.69 bits per heavy atom. The van der Waals surface area contributed by atoms with Gasteiger partial charge in [-0.3, -0.25) is 14.4 Å². The van der Waals surface area contributed by atoms with Gasteiger partial charge >= 0.3 is 0 Å². The highest BCUT2D eigenvalue weighted by Crippen LogP contribution is 2.41. The number of hydrogen-bond donors (Lipinski definition) is 3. The number of fused-ring (bicyclic) bond motifs is 2.